The van der Waals surface area contributed by atoms with Crippen molar-refractivity contribution < 1.29 is 28.5 Å². The average molecular weight is 510 g/mol. The zero-order valence-electron chi connectivity index (χ0n) is 20.1. The van der Waals surface area contributed by atoms with Gasteiger partial charge in [0.25, 0.3) is 0 Å². The number of para-hydroxylation sites is 1. The summed E-state index contributed by atoms with van der Waals surface area (Å²) in [5.74, 6) is 2.44. The number of halogens is 1. The predicted molar refractivity (Wildman–Crippen MR) is 136 cm³/mol. The molecule has 0 fully saturated rings. The Morgan fingerprint density at radius 1 is 0.917 bits per heavy atom. The molecule has 10 heteroatoms. The molecular weight excluding hydrogens is 486 g/mol. The summed E-state index contributed by atoms with van der Waals surface area (Å²) in [6.07, 6.45) is 0.824. The fraction of sp³-hybridized carbons (Fsp3) is 0.192. The van der Waals surface area contributed by atoms with Crippen molar-refractivity contribution in [2.45, 2.75) is 6.61 Å². The molecule has 0 unspecified atom stereocenters. The predicted octanol–water partition coefficient (Wildman–Crippen LogP) is 5.87. The highest BCUT2D eigenvalue weighted by molar-refractivity contribution is 6.33. The summed E-state index contributed by atoms with van der Waals surface area (Å²) in [5, 5.41) is 0.925. The Balaban J connectivity index is 1.51. The lowest BCUT2D eigenvalue weighted by atomic mass is 10.2. The normalized spacial score (nSPS) is 10.6. The first-order valence-electron chi connectivity index (χ1n) is 10.8. The standard InChI is InChI=1S/C26H24ClN3O6/c1-30(26(31)35-14-16-7-5-6-8-22(16)32-2)21-10-9-17(11-19(21)27)36-25-18-12-23(33-3)24(34-4)13-20(18)28-15-29-25/h5-13,15H,14H2,1-4H3. The number of hydrogen-bond donors (Lipinski definition) is 0. The molecule has 0 radical (unpaired) electrons. The van der Waals surface area contributed by atoms with Gasteiger partial charge in [-0.2, -0.15) is 0 Å². The zero-order chi connectivity index (χ0) is 25.7. The largest absolute Gasteiger partial charge is 0.496 e. The van der Waals surface area contributed by atoms with E-state index in [1.54, 1.807) is 64.8 Å². The van der Waals surface area contributed by atoms with Gasteiger partial charge in [-0.05, 0) is 24.3 Å². The van der Waals surface area contributed by atoms with E-state index < -0.39 is 6.09 Å². The maximum absolute atomic E-state index is 12.6. The summed E-state index contributed by atoms with van der Waals surface area (Å²) in [5.41, 5.74) is 1.83. The lowest BCUT2D eigenvalue weighted by Crippen LogP contribution is -2.27. The number of fused-ring (bicyclic) bond motifs is 1. The van der Waals surface area contributed by atoms with Gasteiger partial charge >= 0.3 is 6.09 Å². The van der Waals surface area contributed by atoms with Crippen LogP contribution in [0.3, 0.4) is 0 Å². The van der Waals surface area contributed by atoms with Gasteiger partial charge in [-0.3, -0.25) is 4.90 Å². The molecule has 0 spiro atoms. The first kappa shape index (κ1) is 24.9. The molecule has 0 saturated heterocycles. The Morgan fingerprint density at radius 2 is 1.64 bits per heavy atom. The van der Waals surface area contributed by atoms with Gasteiger partial charge in [-0.1, -0.05) is 29.8 Å². The number of amides is 1. The van der Waals surface area contributed by atoms with Crippen LogP contribution in [-0.2, 0) is 11.3 Å². The smallest absolute Gasteiger partial charge is 0.414 e. The number of hydrogen-bond acceptors (Lipinski definition) is 8. The number of aromatic nitrogens is 2. The van der Waals surface area contributed by atoms with E-state index in [1.807, 2.05) is 18.2 Å². The van der Waals surface area contributed by atoms with E-state index in [4.69, 9.17) is 35.3 Å². The van der Waals surface area contributed by atoms with Gasteiger partial charge in [-0.25, -0.2) is 14.8 Å². The first-order chi connectivity index (χ1) is 17.4. The van der Waals surface area contributed by atoms with Crippen molar-refractivity contribution in [1.82, 2.24) is 9.97 Å². The minimum absolute atomic E-state index is 0.0566. The van der Waals surface area contributed by atoms with Crippen LogP contribution in [0, 0.1) is 0 Å². The molecule has 4 rings (SSSR count). The van der Waals surface area contributed by atoms with Crippen LogP contribution in [0.1, 0.15) is 5.56 Å². The van der Waals surface area contributed by atoms with Gasteiger partial charge in [0.15, 0.2) is 11.5 Å². The Bertz CT molecular complexity index is 1400. The number of carbonyl (C=O) groups excluding carboxylic acids is 1. The second-order valence-corrected chi connectivity index (χ2v) is 7.95. The van der Waals surface area contributed by atoms with Crippen LogP contribution in [-0.4, -0.2) is 44.4 Å². The second-order valence-electron chi connectivity index (χ2n) is 7.54. The number of anilines is 1. The van der Waals surface area contributed by atoms with Crippen molar-refractivity contribution in [3.05, 3.63) is 71.5 Å². The second kappa shape index (κ2) is 11.0. The van der Waals surface area contributed by atoms with Crippen LogP contribution in [0.2, 0.25) is 5.02 Å². The van der Waals surface area contributed by atoms with E-state index in [0.717, 1.165) is 5.56 Å². The Labute approximate surface area is 213 Å². The summed E-state index contributed by atoms with van der Waals surface area (Å²) >= 11 is 6.49. The van der Waals surface area contributed by atoms with E-state index in [1.165, 1.54) is 11.2 Å². The van der Waals surface area contributed by atoms with Crippen LogP contribution in [0.25, 0.3) is 10.9 Å². The Morgan fingerprint density at radius 3 is 2.36 bits per heavy atom. The van der Waals surface area contributed by atoms with E-state index in [9.17, 15) is 4.79 Å². The molecule has 186 valence electrons. The molecule has 0 aliphatic carbocycles. The summed E-state index contributed by atoms with van der Waals surface area (Å²) in [6, 6.07) is 15.7. The van der Waals surface area contributed by atoms with Crippen LogP contribution < -0.4 is 23.8 Å². The number of methoxy groups -OCH3 is 3. The van der Waals surface area contributed by atoms with Gasteiger partial charge in [-0.15, -0.1) is 0 Å². The fourth-order valence-corrected chi connectivity index (χ4v) is 3.83. The van der Waals surface area contributed by atoms with Crippen LogP contribution in [0.5, 0.6) is 28.9 Å². The summed E-state index contributed by atoms with van der Waals surface area (Å²) < 4.78 is 27.4. The van der Waals surface area contributed by atoms with Crippen LogP contribution in [0.15, 0.2) is 60.9 Å². The van der Waals surface area contributed by atoms with E-state index in [2.05, 4.69) is 9.97 Å². The molecule has 36 heavy (non-hydrogen) atoms. The number of benzene rings is 3. The maximum Gasteiger partial charge on any atom is 0.414 e. The quantitative estimate of drug-likeness (QED) is 0.291. The molecule has 9 nitrogen and oxygen atoms in total. The zero-order valence-corrected chi connectivity index (χ0v) is 20.9. The fourth-order valence-electron chi connectivity index (χ4n) is 3.53. The summed E-state index contributed by atoms with van der Waals surface area (Å²) in [4.78, 5) is 22.5. The monoisotopic (exact) mass is 509 g/mol. The van der Waals surface area contributed by atoms with Gasteiger partial charge in [0, 0.05) is 24.7 Å². The van der Waals surface area contributed by atoms with Crippen molar-refractivity contribution in [3.8, 4) is 28.9 Å². The highest BCUT2D eigenvalue weighted by Gasteiger charge is 2.18. The third-order valence-electron chi connectivity index (χ3n) is 5.42. The van der Waals surface area contributed by atoms with E-state index in [-0.39, 0.29) is 6.61 Å². The molecule has 3 aromatic carbocycles. The van der Waals surface area contributed by atoms with Gasteiger partial charge in [0.2, 0.25) is 5.88 Å². The third kappa shape index (κ3) is 5.21. The minimum atomic E-state index is -0.570. The molecule has 0 bridgehead atoms. The minimum Gasteiger partial charge on any atom is -0.496 e. The summed E-state index contributed by atoms with van der Waals surface area (Å²) in [7, 11) is 6.24. The number of ether oxygens (including phenoxy) is 5. The summed E-state index contributed by atoms with van der Waals surface area (Å²) in [6.45, 7) is 0.0566. The molecular formula is C26H24ClN3O6. The molecule has 0 aliphatic heterocycles. The number of rotatable bonds is 8. The molecule has 1 aromatic heterocycles. The molecule has 0 atom stereocenters. The maximum atomic E-state index is 12.6. The highest BCUT2D eigenvalue weighted by Crippen LogP contribution is 2.37. The van der Waals surface area contributed by atoms with Crippen molar-refractivity contribution in [1.29, 1.82) is 0 Å². The topological polar surface area (TPSA) is 92.2 Å². The Hall–Kier alpha value is -4.24. The van der Waals surface area contributed by atoms with Gasteiger partial charge < -0.3 is 23.7 Å². The molecule has 1 amide bonds. The van der Waals surface area contributed by atoms with Crippen LogP contribution >= 0.6 is 11.6 Å². The first-order valence-corrected chi connectivity index (χ1v) is 11.2. The molecule has 0 N–H and O–H groups in total. The van der Waals surface area contributed by atoms with E-state index >= 15 is 0 Å². The highest BCUT2D eigenvalue weighted by atomic mass is 35.5. The average Bonchev–Trinajstić information content (AvgIpc) is 2.91. The molecule has 4 aromatic rings. The lowest BCUT2D eigenvalue weighted by molar-refractivity contribution is 0.147. The van der Waals surface area contributed by atoms with E-state index in [0.29, 0.717) is 50.5 Å². The van der Waals surface area contributed by atoms with Crippen molar-refractivity contribution in [2.75, 3.05) is 33.3 Å². The lowest BCUT2D eigenvalue weighted by Gasteiger charge is -2.19. The number of carbonyl (C=O) groups is 1. The van der Waals surface area contributed by atoms with Gasteiger partial charge in [0.05, 0.1) is 42.9 Å². The third-order valence-corrected chi connectivity index (χ3v) is 5.72. The van der Waals surface area contributed by atoms with Crippen molar-refractivity contribution in [3.63, 3.8) is 0 Å². The van der Waals surface area contributed by atoms with Crippen LogP contribution in [0.4, 0.5) is 10.5 Å². The molecule has 0 aliphatic rings. The molecule has 1 heterocycles. The Kier molecular flexibility index (Phi) is 7.60. The van der Waals surface area contributed by atoms with Crippen molar-refractivity contribution in [2.24, 2.45) is 0 Å². The SMILES string of the molecule is COc1ccccc1COC(=O)N(C)c1ccc(Oc2ncnc3cc(OC)c(OC)cc23)cc1Cl. The van der Waals surface area contributed by atoms with Gasteiger partial charge in [0.1, 0.15) is 24.4 Å². The van der Waals surface area contributed by atoms with Crippen molar-refractivity contribution >= 4 is 34.3 Å². The number of nitrogens with zero attached hydrogens (tertiary/aromatic N) is 3. The molecule has 0 saturated carbocycles.